The summed E-state index contributed by atoms with van der Waals surface area (Å²) in [6.07, 6.45) is 4.22. The number of amides is 1. The lowest BCUT2D eigenvalue weighted by atomic mass is 10.1. The molecule has 0 spiro atoms. The van der Waals surface area contributed by atoms with E-state index < -0.39 is 10.0 Å². The number of carbonyl (C=O) groups excluding carboxylic acids is 1. The Morgan fingerprint density at radius 3 is 2.39 bits per heavy atom. The van der Waals surface area contributed by atoms with Crippen LogP contribution in [0.1, 0.15) is 51.1 Å². The van der Waals surface area contributed by atoms with Gasteiger partial charge in [0.25, 0.3) is 0 Å². The summed E-state index contributed by atoms with van der Waals surface area (Å²) < 4.78 is 25.0. The van der Waals surface area contributed by atoms with Crippen molar-refractivity contribution in [3.05, 3.63) is 35.9 Å². The molecule has 1 aromatic rings. The number of hydrogen-bond acceptors (Lipinski definition) is 3. The van der Waals surface area contributed by atoms with E-state index in [1.54, 1.807) is 0 Å². The highest BCUT2D eigenvalue weighted by Gasteiger charge is 2.18. The second kappa shape index (κ2) is 9.67. The Bertz CT molecular complexity index is 573. The van der Waals surface area contributed by atoms with E-state index >= 15 is 0 Å². The van der Waals surface area contributed by atoms with Gasteiger partial charge in [-0.3, -0.25) is 4.79 Å². The highest BCUT2D eigenvalue weighted by atomic mass is 32.2. The molecule has 0 aliphatic carbocycles. The van der Waals surface area contributed by atoms with Crippen LogP contribution in [0.3, 0.4) is 0 Å². The Labute approximate surface area is 140 Å². The predicted molar refractivity (Wildman–Crippen MR) is 93.6 cm³/mol. The maximum absolute atomic E-state index is 12.1. The van der Waals surface area contributed by atoms with Crippen LogP contribution in [0.4, 0.5) is 0 Å². The molecule has 0 saturated heterocycles. The summed E-state index contributed by atoms with van der Waals surface area (Å²) in [6, 6.07) is 9.61. The van der Waals surface area contributed by atoms with E-state index in [2.05, 4.69) is 12.2 Å². The molecule has 0 fully saturated rings. The Morgan fingerprint density at radius 1 is 1.17 bits per heavy atom. The van der Waals surface area contributed by atoms with Crippen molar-refractivity contribution >= 4 is 15.9 Å². The highest BCUT2D eigenvalue weighted by Crippen LogP contribution is 2.11. The molecule has 5 nitrogen and oxygen atoms in total. The molecular formula is C17H28N2O3S. The van der Waals surface area contributed by atoms with E-state index in [0.29, 0.717) is 6.54 Å². The molecule has 1 amide bonds. The van der Waals surface area contributed by atoms with Crippen molar-refractivity contribution in [3.63, 3.8) is 0 Å². The van der Waals surface area contributed by atoms with Gasteiger partial charge in [0.15, 0.2) is 0 Å². The Hall–Kier alpha value is -1.40. The third-order valence-corrected chi connectivity index (χ3v) is 5.05. The maximum Gasteiger partial charge on any atom is 0.221 e. The minimum atomic E-state index is -3.27. The topological polar surface area (TPSA) is 66.5 Å². The van der Waals surface area contributed by atoms with Gasteiger partial charge in [0.1, 0.15) is 0 Å². The Balaban J connectivity index is 2.48. The highest BCUT2D eigenvalue weighted by molar-refractivity contribution is 7.88. The first-order valence-corrected chi connectivity index (χ1v) is 9.99. The molecule has 0 saturated carbocycles. The van der Waals surface area contributed by atoms with Gasteiger partial charge >= 0.3 is 0 Å². The van der Waals surface area contributed by atoms with Gasteiger partial charge in [-0.2, -0.15) is 0 Å². The van der Waals surface area contributed by atoms with Crippen LogP contribution in [0.15, 0.2) is 30.3 Å². The van der Waals surface area contributed by atoms with Gasteiger partial charge < -0.3 is 5.32 Å². The van der Waals surface area contributed by atoms with Crippen LogP contribution in [0.25, 0.3) is 0 Å². The minimum absolute atomic E-state index is 0.0875. The van der Waals surface area contributed by atoms with Crippen molar-refractivity contribution in [2.45, 2.75) is 45.6 Å². The van der Waals surface area contributed by atoms with Crippen molar-refractivity contribution in [2.75, 3.05) is 19.3 Å². The molecule has 130 valence electrons. The average molecular weight is 340 g/mol. The van der Waals surface area contributed by atoms with Crippen LogP contribution >= 0.6 is 0 Å². The zero-order valence-corrected chi connectivity index (χ0v) is 15.1. The molecule has 1 aromatic carbocycles. The smallest absolute Gasteiger partial charge is 0.221 e. The SMILES string of the molecule is CCCCCN(CCC(=O)NC(C)c1ccccc1)S(C)(=O)=O. The molecule has 1 atom stereocenters. The lowest BCUT2D eigenvalue weighted by Crippen LogP contribution is -2.35. The minimum Gasteiger partial charge on any atom is -0.350 e. The van der Waals surface area contributed by atoms with E-state index in [4.69, 9.17) is 0 Å². The van der Waals surface area contributed by atoms with Gasteiger partial charge in [-0.15, -0.1) is 0 Å². The second-order valence-electron chi connectivity index (χ2n) is 5.82. The van der Waals surface area contributed by atoms with Crippen molar-refractivity contribution in [2.24, 2.45) is 0 Å². The zero-order chi connectivity index (χ0) is 17.3. The van der Waals surface area contributed by atoms with Crippen LogP contribution in [0.2, 0.25) is 0 Å². The number of rotatable bonds is 10. The molecule has 6 heteroatoms. The van der Waals surface area contributed by atoms with E-state index in [-0.39, 0.29) is 24.9 Å². The maximum atomic E-state index is 12.1. The quantitative estimate of drug-likeness (QED) is 0.666. The second-order valence-corrected chi connectivity index (χ2v) is 7.80. The summed E-state index contributed by atoms with van der Waals surface area (Å²) in [5.74, 6) is -0.134. The molecular weight excluding hydrogens is 312 g/mol. The molecule has 0 aromatic heterocycles. The Morgan fingerprint density at radius 2 is 1.83 bits per heavy atom. The number of sulfonamides is 1. The van der Waals surface area contributed by atoms with Gasteiger partial charge in [-0.25, -0.2) is 12.7 Å². The van der Waals surface area contributed by atoms with Gasteiger partial charge in [0.2, 0.25) is 15.9 Å². The summed E-state index contributed by atoms with van der Waals surface area (Å²) in [6.45, 7) is 4.70. The lowest BCUT2D eigenvalue weighted by Gasteiger charge is -2.20. The van der Waals surface area contributed by atoms with E-state index in [1.807, 2.05) is 37.3 Å². The van der Waals surface area contributed by atoms with Crippen molar-refractivity contribution in [3.8, 4) is 0 Å². The van der Waals surface area contributed by atoms with E-state index in [9.17, 15) is 13.2 Å². The molecule has 0 radical (unpaired) electrons. The summed E-state index contributed by atoms with van der Waals surface area (Å²) in [7, 11) is -3.27. The number of nitrogens with zero attached hydrogens (tertiary/aromatic N) is 1. The van der Waals surface area contributed by atoms with Crippen LogP contribution in [-0.2, 0) is 14.8 Å². The first kappa shape index (κ1) is 19.6. The van der Waals surface area contributed by atoms with Crippen molar-refractivity contribution < 1.29 is 13.2 Å². The predicted octanol–water partition coefficient (Wildman–Crippen LogP) is 2.71. The number of nitrogens with one attached hydrogen (secondary N) is 1. The van der Waals surface area contributed by atoms with Crippen LogP contribution in [-0.4, -0.2) is 38.0 Å². The fourth-order valence-electron chi connectivity index (χ4n) is 2.35. The fourth-order valence-corrected chi connectivity index (χ4v) is 3.23. The summed E-state index contributed by atoms with van der Waals surface area (Å²) in [5.41, 5.74) is 1.03. The number of hydrogen-bond donors (Lipinski definition) is 1. The molecule has 1 unspecified atom stereocenters. The largest absolute Gasteiger partial charge is 0.350 e. The molecule has 0 heterocycles. The molecule has 1 N–H and O–H groups in total. The van der Waals surface area contributed by atoms with Crippen molar-refractivity contribution in [1.82, 2.24) is 9.62 Å². The first-order valence-electron chi connectivity index (χ1n) is 8.14. The molecule has 0 aliphatic rings. The standard InChI is InChI=1S/C17H28N2O3S/c1-4-5-9-13-19(23(3,21)22)14-12-17(20)18-15(2)16-10-7-6-8-11-16/h6-8,10-11,15H,4-5,9,12-14H2,1-3H3,(H,18,20). The van der Waals surface area contributed by atoms with Gasteiger partial charge in [-0.1, -0.05) is 50.1 Å². The number of carbonyl (C=O) groups is 1. The molecule has 0 bridgehead atoms. The van der Waals surface area contributed by atoms with Gasteiger partial charge in [-0.05, 0) is 18.9 Å². The van der Waals surface area contributed by atoms with Crippen LogP contribution in [0, 0.1) is 0 Å². The van der Waals surface area contributed by atoms with Crippen molar-refractivity contribution in [1.29, 1.82) is 0 Å². The summed E-state index contributed by atoms with van der Waals surface area (Å²) >= 11 is 0. The average Bonchev–Trinajstić information content (AvgIpc) is 2.50. The van der Waals surface area contributed by atoms with Crippen LogP contribution < -0.4 is 5.32 Å². The molecule has 1 rings (SSSR count). The van der Waals surface area contributed by atoms with Gasteiger partial charge in [0, 0.05) is 19.5 Å². The van der Waals surface area contributed by atoms with Crippen LogP contribution in [0.5, 0.6) is 0 Å². The summed E-state index contributed by atoms with van der Waals surface area (Å²) in [5, 5.41) is 2.91. The first-order chi connectivity index (χ1) is 10.8. The number of unbranched alkanes of at least 4 members (excludes halogenated alkanes) is 2. The zero-order valence-electron chi connectivity index (χ0n) is 14.3. The third-order valence-electron chi connectivity index (χ3n) is 3.75. The molecule has 23 heavy (non-hydrogen) atoms. The summed E-state index contributed by atoms with van der Waals surface area (Å²) in [4.78, 5) is 12.1. The lowest BCUT2D eigenvalue weighted by molar-refractivity contribution is -0.121. The monoisotopic (exact) mass is 340 g/mol. The number of benzene rings is 1. The fraction of sp³-hybridized carbons (Fsp3) is 0.588. The van der Waals surface area contributed by atoms with Gasteiger partial charge in [0.05, 0.1) is 12.3 Å². The van der Waals surface area contributed by atoms with E-state index in [0.717, 1.165) is 24.8 Å². The van der Waals surface area contributed by atoms with E-state index in [1.165, 1.54) is 10.6 Å². The Kier molecular flexibility index (Phi) is 8.26. The molecule has 0 aliphatic heterocycles. The third kappa shape index (κ3) is 7.61. The normalized spacial score (nSPS) is 13.0.